The molecule has 2 aliphatic heterocycles. The highest BCUT2D eigenvalue weighted by Gasteiger charge is 2.24. The number of hydrogen-bond donors (Lipinski definition) is 2. The molecule has 0 spiro atoms. The van der Waals surface area contributed by atoms with E-state index in [0.29, 0.717) is 13.1 Å². The van der Waals surface area contributed by atoms with Crippen LogP contribution in [0.1, 0.15) is 18.1 Å². The number of nitrogens with zero attached hydrogens (tertiary/aromatic N) is 4. The van der Waals surface area contributed by atoms with Crippen molar-refractivity contribution >= 4 is 11.8 Å². The predicted molar refractivity (Wildman–Crippen MR) is 74.5 cm³/mol. The van der Waals surface area contributed by atoms with Crippen LogP contribution in [0.5, 0.6) is 0 Å². The van der Waals surface area contributed by atoms with E-state index in [-0.39, 0.29) is 30.9 Å². The van der Waals surface area contributed by atoms with Crippen LogP contribution in [0, 0.1) is 6.92 Å². The standard InChI is InChI=1S/C13H20N6O2/c1-9-16-11-3-2-10(7-19(11)17-9)15-6-13(21)18-5-4-14-12(20)8-18/h10,15H,2-8H2,1H3,(H,14,20)/t10-/m1/s1. The van der Waals surface area contributed by atoms with Gasteiger partial charge in [-0.05, 0) is 13.3 Å². The fraction of sp³-hybridized carbons (Fsp3) is 0.692. The number of hydrogen-bond acceptors (Lipinski definition) is 5. The van der Waals surface area contributed by atoms with Gasteiger partial charge in [0.1, 0.15) is 11.6 Å². The number of aryl methyl sites for hydroxylation is 2. The Kier molecular flexibility index (Phi) is 3.87. The molecule has 1 saturated heterocycles. The van der Waals surface area contributed by atoms with Crippen LogP contribution < -0.4 is 10.6 Å². The molecule has 0 radical (unpaired) electrons. The summed E-state index contributed by atoms with van der Waals surface area (Å²) < 4.78 is 1.91. The van der Waals surface area contributed by atoms with E-state index in [4.69, 9.17) is 0 Å². The fourth-order valence-electron chi connectivity index (χ4n) is 2.80. The number of piperazine rings is 1. The second kappa shape index (κ2) is 5.80. The van der Waals surface area contributed by atoms with Crippen molar-refractivity contribution in [1.29, 1.82) is 0 Å². The van der Waals surface area contributed by atoms with Crippen LogP contribution in [0.2, 0.25) is 0 Å². The molecule has 8 heteroatoms. The molecule has 2 amide bonds. The molecule has 1 aromatic rings. The molecule has 3 heterocycles. The maximum Gasteiger partial charge on any atom is 0.239 e. The first kappa shape index (κ1) is 14.0. The summed E-state index contributed by atoms with van der Waals surface area (Å²) in [5, 5.41) is 10.3. The minimum absolute atomic E-state index is 0.0228. The lowest BCUT2D eigenvalue weighted by molar-refractivity contribution is -0.137. The van der Waals surface area contributed by atoms with Crippen molar-refractivity contribution < 1.29 is 9.59 Å². The first-order valence-corrected chi connectivity index (χ1v) is 7.30. The Balaban J connectivity index is 1.49. The highest BCUT2D eigenvalue weighted by molar-refractivity contribution is 5.86. The number of carbonyl (C=O) groups excluding carboxylic acids is 2. The zero-order valence-corrected chi connectivity index (χ0v) is 12.1. The average Bonchev–Trinajstić information content (AvgIpc) is 2.84. The third-order valence-corrected chi connectivity index (χ3v) is 3.90. The quantitative estimate of drug-likeness (QED) is 0.704. The summed E-state index contributed by atoms with van der Waals surface area (Å²) in [5.74, 6) is 1.70. The predicted octanol–water partition coefficient (Wildman–Crippen LogP) is -1.55. The van der Waals surface area contributed by atoms with Gasteiger partial charge in [-0.15, -0.1) is 0 Å². The Bertz CT molecular complexity index is 555. The first-order valence-electron chi connectivity index (χ1n) is 7.30. The largest absolute Gasteiger partial charge is 0.353 e. The molecule has 21 heavy (non-hydrogen) atoms. The number of aromatic nitrogens is 3. The lowest BCUT2D eigenvalue weighted by Gasteiger charge is -2.28. The zero-order chi connectivity index (χ0) is 14.8. The Labute approximate surface area is 122 Å². The van der Waals surface area contributed by atoms with Gasteiger partial charge in [-0.3, -0.25) is 9.59 Å². The molecule has 0 bridgehead atoms. The van der Waals surface area contributed by atoms with Crippen molar-refractivity contribution in [3.05, 3.63) is 11.6 Å². The fourth-order valence-corrected chi connectivity index (χ4v) is 2.80. The first-order chi connectivity index (χ1) is 10.1. The highest BCUT2D eigenvalue weighted by Crippen LogP contribution is 2.12. The number of amides is 2. The van der Waals surface area contributed by atoms with E-state index in [1.807, 2.05) is 11.6 Å². The molecule has 2 N–H and O–H groups in total. The van der Waals surface area contributed by atoms with E-state index in [1.165, 1.54) is 0 Å². The van der Waals surface area contributed by atoms with Crippen LogP contribution >= 0.6 is 0 Å². The van der Waals surface area contributed by atoms with E-state index in [0.717, 1.165) is 31.0 Å². The maximum absolute atomic E-state index is 12.1. The normalized spacial score (nSPS) is 21.9. The van der Waals surface area contributed by atoms with E-state index >= 15 is 0 Å². The van der Waals surface area contributed by atoms with Gasteiger partial charge in [0.15, 0.2) is 0 Å². The monoisotopic (exact) mass is 292 g/mol. The number of nitrogens with one attached hydrogen (secondary N) is 2. The lowest BCUT2D eigenvalue weighted by atomic mass is 10.1. The molecule has 8 nitrogen and oxygen atoms in total. The third-order valence-electron chi connectivity index (χ3n) is 3.90. The smallest absolute Gasteiger partial charge is 0.239 e. The van der Waals surface area contributed by atoms with Crippen molar-refractivity contribution in [1.82, 2.24) is 30.3 Å². The number of carbonyl (C=O) groups is 2. The molecule has 1 atom stereocenters. The molecule has 114 valence electrons. The SMILES string of the molecule is Cc1nc2n(n1)C[C@H](NCC(=O)N1CCNC(=O)C1)CC2. The zero-order valence-electron chi connectivity index (χ0n) is 12.1. The molecule has 3 rings (SSSR count). The lowest BCUT2D eigenvalue weighted by Crippen LogP contribution is -2.53. The van der Waals surface area contributed by atoms with Crippen LogP contribution in [0.3, 0.4) is 0 Å². The van der Waals surface area contributed by atoms with Crippen LogP contribution in [-0.2, 0) is 22.6 Å². The molecular weight excluding hydrogens is 272 g/mol. The average molecular weight is 292 g/mol. The van der Waals surface area contributed by atoms with E-state index in [1.54, 1.807) is 4.90 Å². The van der Waals surface area contributed by atoms with Gasteiger partial charge in [0.25, 0.3) is 0 Å². The Hall–Kier alpha value is -1.96. The van der Waals surface area contributed by atoms with Gasteiger partial charge >= 0.3 is 0 Å². The number of fused-ring (bicyclic) bond motifs is 1. The van der Waals surface area contributed by atoms with Gasteiger partial charge < -0.3 is 15.5 Å². The van der Waals surface area contributed by atoms with Crippen molar-refractivity contribution in [2.24, 2.45) is 0 Å². The third kappa shape index (κ3) is 3.21. The number of rotatable bonds is 3. The molecule has 1 aromatic heterocycles. The molecule has 2 aliphatic rings. The summed E-state index contributed by atoms with van der Waals surface area (Å²) in [5.41, 5.74) is 0. The Morgan fingerprint density at radius 2 is 2.38 bits per heavy atom. The van der Waals surface area contributed by atoms with Gasteiger partial charge in [0.2, 0.25) is 11.8 Å². The minimum atomic E-state index is -0.0880. The van der Waals surface area contributed by atoms with E-state index in [9.17, 15) is 9.59 Å². The van der Waals surface area contributed by atoms with Gasteiger partial charge in [0, 0.05) is 25.6 Å². The van der Waals surface area contributed by atoms with Crippen LogP contribution in [0.15, 0.2) is 0 Å². The van der Waals surface area contributed by atoms with E-state index in [2.05, 4.69) is 20.7 Å². The molecule has 0 aliphatic carbocycles. The van der Waals surface area contributed by atoms with Gasteiger partial charge in [-0.2, -0.15) is 5.10 Å². The second-order valence-corrected chi connectivity index (χ2v) is 5.54. The second-order valence-electron chi connectivity index (χ2n) is 5.54. The van der Waals surface area contributed by atoms with Crippen molar-refractivity contribution in [2.75, 3.05) is 26.2 Å². The summed E-state index contributed by atoms with van der Waals surface area (Å²) in [6.45, 7) is 4.18. The Morgan fingerprint density at radius 1 is 1.52 bits per heavy atom. The summed E-state index contributed by atoms with van der Waals surface area (Å²) in [4.78, 5) is 29.3. The van der Waals surface area contributed by atoms with Gasteiger partial charge in [0.05, 0.1) is 19.6 Å². The Morgan fingerprint density at radius 3 is 3.19 bits per heavy atom. The van der Waals surface area contributed by atoms with Crippen LogP contribution in [0.4, 0.5) is 0 Å². The molecule has 0 aromatic carbocycles. The molecule has 0 saturated carbocycles. The van der Waals surface area contributed by atoms with Gasteiger partial charge in [-0.25, -0.2) is 9.67 Å². The summed E-state index contributed by atoms with van der Waals surface area (Å²) >= 11 is 0. The van der Waals surface area contributed by atoms with Gasteiger partial charge in [-0.1, -0.05) is 0 Å². The van der Waals surface area contributed by atoms with E-state index < -0.39 is 0 Å². The van der Waals surface area contributed by atoms with Crippen molar-refractivity contribution in [3.63, 3.8) is 0 Å². The van der Waals surface area contributed by atoms with Crippen molar-refractivity contribution in [2.45, 2.75) is 32.4 Å². The summed E-state index contributed by atoms with van der Waals surface area (Å²) in [6.07, 6.45) is 1.82. The van der Waals surface area contributed by atoms with Crippen LogP contribution in [0.25, 0.3) is 0 Å². The molecule has 1 fully saturated rings. The molecular formula is C13H20N6O2. The maximum atomic E-state index is 12.1. The minimum Gasteiger partial charge on any atom is -0.353 e. The van der Waals surface area contributed by atoms with Crippen LogP contribution in [-0.4, -0.2) is 63.7 Å². The summed E-state index contributed by atoms with van der Waals surface area (Å²) in [7, 11) is 0. The van der Waals surface area contributed by atoms with Crippen molar-refractivity contribution in [3.8, 4) is 0 Å². The summed E-state index contributed by atoms with van der Waals surface area (Å²) in [6, 6.07) is 0.223. The highest BCUT2D eigenvalue weighted by atomic mass is 16.2. The topological polar surface area (TPSA) is 92.2 Å². The molecule has 0 unspecified atom stereocenters.